The maximum atomic E-state index is 5.47. The Kier molecular flexibility index (Phi) is 2.28. The van der Waals surface area contributed by atoms with Gasteiger partial charge >= 0.3 is 0 Å². The van der Waals surface area contributed by atoms with Crippen LogP contribution in [0.1, 0.15) is 18.5 Å². The van der Waals surface area contributed by atoms with E-state index in [4.69, 9.17) is 10.5 Å². The molecule has 1 fully saturated rings. The lowest BCUT2D eigenvalue weighted by Crippen LogP contribution is -1.97. The lowest BCUT2D eigenvalue weighted by atomic mass is 10.4. The zero-order chi connectivity index (χ0) is 8.39. The van der Waals surface area contributed by atoms with Crippen LogP contribution in [0.5, 0.6) is 0 Å². The van der Waals surface area contributed by atoms with Crippen LogP contribution in [0.25, 0.3) is 0 Å². The van der Waals surface area contributed by atoms with Gasteiger partial charge in [-0.2, -0.15) is 0 Å². The van der Waals surface area contributed by atoms with Gasteiger partial charge in [-0.15, -0.1) is 11.3 Å². The number of hydrogen-bond acceptors (Lipinski definition) is 4. The second kappa shape index (κ2) is 3.41. The molecule has 3 nitrogen and oxygen atoms in total. The lowest BCUT2D eigenvalue weighted by molar-refractivity contribution is 0.109. The molecule has 0 amide bonds. The van der Waals surface area contributed by atoms with Gasteiger partial charge in [0.1, 0.15) is 0 Å². The molecule has 0 unspecified atom stereocenters. The minimum absolute atomic E-state index is 0.615. The molecule has 0 aliphatic heterocycles. The van der Waals surface area contributed by atoms with Gasteiger partial charge in [-0.3, -0.25) is 0 Å². The number of hydrogen-bond donors (Lipinski definition) is 1. The van der Waals surface area contributed by atoms with E-state index in [1.807, 2.05) is 5.38 Å². The van der Waals surface area contributed by atoms with E-state index < -0.39 is 0 Å². The molecule has 1 aromatic heterocycles. The van der Waals surface area contributed by atoms with Gasteiger partial charge in [0.25, 0.3) is 0 Å². The first kappa shape index (κ1) is 8.01. The molecule has 2 N–H and O–H groups in total. The number of thiazole rings is 1. The molecule has 0 aromatic carbocycles. The summed E-state index contributed by atoms with van der Waals surface area (Å²) in [4.78, 5) is 4.10. The third-order valence-corrected chi connectivity index (χ3v) is 2.59. The van der Waals surface area contributed by atoms with Gasteiger partial charge in [0.05, 0.1) is 12.3 Å². The van der Waals surface area contributed by atoms with E-state index >= 15 is 0 Å². The van der Waals surface area contributed by atoms with E-state index in [9.17, 15) is 0 Å². The van der Waals surface area contributed by atoms with Crippen molar-refractivity contribution in [1.29, 1.82) is 0 Å². The van der Waals surface area contributed by atoms with Crippen molar-refractivity contribution in [2.45, 2.75) is 19.4 Å². The van der Waals surface area contributed by atoms with Crippen LogP contribution >= 0.6 is 11.3 Å². The fourth-order valence-corrected chi connectivity index (χ4v) is 1.55. The highest BCUT2D eigenvalue weighted by atomic mass is 32.1. The summed E-state index contributed by atoms with van der Waals surface area (Å²) in [5, 5.41) is 2.57. The molecule has 0 bridgehead atoms. The van der Waals surface area contributed by atoms with Gasteiger partial charge < -0.3 is 10.5 Å². The van der Waals surface area contributed by atoms with E-state index in [-0.39, 0.29) is 0 Å². The number of nitrogen functional groups attached to an aromatic ring is 1. The number of aromatic nitrogens is 1. The molecule has 0 saturated heterocycles. The highest BCUT2D eigenvalue weighted by Gasteiger charge is 2.21. The van der Waals surface area contributed by atoms with Crippen molar-refractivity contribution in [3.63, 3.8) is 0 Å². The maximum absolute atomic E-state index is 5.47. The topological polar surface area (TPSA) is 48.1 Å². The quantitative estimate of drug-likeness (QED) is 0.774. The monoisotopic (exact) mass is 184 g/mol. The van der Waals surface area contributed by atoms with E-state index in [0.29, 0.717) is 11.7 Å². The standard InChI is InChI=1S/C8H12N2OS/c9-8-10-7(5-12-8)4-11-3-6-1-2-6/h5-6H,1-4H2,(H2,9,10). The summed E-state index contributed by atoms with van der Waals surface area (Å²) in [7, 11) is 0. The Labute approximate surface area is 75.6 Å². The molecule has 66 valence electrons. The van der Waals surface area contributed by atoms with Crippen LogP contribution in [0.3, 0.4) is 0 Å². The average molecular weight is 184 g/mol. The Morgan fingerprint density at radius 3 is 3.08 bits per heavy atom. The molecule has 0 spiro atoms. The van der Waals surface area contributed by atoms with Crippen LogP contribution < -0.4 is 5.73 Å². The van der Waals surface area contributed by atoms with Crippen molar-refractivity contribution in [2.75, 3.05) is 12.3 Å². The summed E-state index contributed by atoms with van der Waals surface area (Å²) in [5.41, 5.74) is 6.43. The highest BCUT2D eigenvalue weighted by molar-refractivity contribution is 7.13. The zero-order valence-electron chi connectivity index (χ0n) is 6.82. The molecule has 0 radical (unpaired) electrons. The van der Waals surface area contributed by atoms with Gasteiger partial charge in [0, 0.05) is 12.0 Å². The summed E-state index contributed by atoms with van der Waals surface area (Å²) < 4.78 is 5.45. The molecule has 12 heavy (non-hydrogen) atoms. The van der Waals surface area contributed by atoms with Crippen LogP contribution in [0.2, 0.25) is 0 Å². The van der Waals surface area contributed by atoms with Gasteiger partial charge in [-0.25, -0.2) is 4.98 Å². The van der Waals surface area contributed by atoms with Crippen molar-refractivity contribution in [3.8, 4) is 0 Å². The smallest absolute Gasteiger partial charge is 0.180 e. The molecular formula is C8H12N2OS. The minimum atomic E-state index is 0.615. The largest absolute Gasteiger partial charge is 0.375 e. The van der Waals surface area contributed by atoms with E-state index in [0.717, 1.165) is 18.2 Å². The molecule has 1 heterocycles. The van der Waals surface area contributed by atoms with Crippen molar-refractivity contribution in [1.82, 2.24) is 4.98 Å². The number of rotatable bonds is 4. The van der Waals surface area contributed by atoms with Gasteiger partial charge in [-0.1, -0.05) is 0 Å². The first-order valence-corrected chi connectivity index (χ1v) is 5.00. The predicted octanol–water partition coefficient (Wildman–Crippen LogP) is 1.65. The molecule has 4 heteroatoms. The van der Waals surface area contributed by atoms with Crippen molar-refractivity contribution >= 4 is 16.5 Å². The molecule has 1 saturated carbocycles. The van der Waals surface area contributed by atoms with E-state index in [1.165, 1.54) is 24.2 Å². The van der Waals surface area contributed by atoms with Crippen molar-refractivity contribution in [3.05, 3.63) is 11.1 Å². The average Bonchev–Trinajstić information content (AvgIpc) is 2.76. The number of anilines is 1. The summed E-state index contributed by atoms with van der Waals surface area (Å²) in [6, 6.07) is 0. The summed E-state index contributed by atoms with van der Waals surface area (Å²) in [5.74, 6) is 0.820. The highest BCUT2D eigenvalue weighted by Crippen LogP contribution is 2.29. The minimum Gasteiger partial charge on any atom is -0.375 e. The zero-order valence-corrected chi connectivity index (χ0v) is 7.64. The Morgan fingerprint density at radius 1 is 1.67 bits per heavy atom. The van der Waals surface area contributed by atoms with Gasteiger partial charge in [-0.05, 0) is 18.8 Å². The predicted molar refractivity (Wildman–Crippen MR) is 48.9 cm³/mol. The molecule has 1 aliphatic rings. The fourth-order valence-electron chi connectivity index (χ4n) is 1.00. The Morgan fingerprint density at radius 2 is 2.50 bits per heavy atom. The third-order valence-electron chi connectivity index (χ3n) is 1.87. The fraction of sp³-hybridized carbons (Fsp3) is 0.625. The van der Waals surface area contributed by atoms with Gasteiger partial charge in [0.2, 0.25) is 0 Å². The molecule has 0 atom stereocenters. The van der Waals surface area contributed by atoms with Crippen LogP contribution in [0.4, 0.5) is 5.13 Å². The Hall–Kier alpha value is -0.610. The number of nitrogens with zero attached hydrogens (tertiary/aromatic N) is 1. The second-order valence-corrected chi connectivity index (χ2v) is 4.03. The molecule has 2 rings (SSSR count). The van der Waals surface area contributed by atoms with E-state index in [1.54, 1.807) is 0 Å². The SMILES string of the molecule is Nc1nc(COCC2CC2)cs1. The van der Waals surface area contributed by atoms with E-state index in [2.05, 4.69) is 4.98 Å². The van der Waals surface area contributed by atoms with Crippen molar-refractivity contribution < 1.29 is 4.74 Å². The Bertz CT molecular complexity index is 257. The van der Waals surface area contributed by atoms with Crippen LogP contribution in [-0.4, -0.2) is 11.6 Å². The lowest BCUT2D eigenvalue weighted by Gasteiger charge is -1.98. The van der Waals surface area contributed by atoms with Crippen LogP contribution in [0.15, 0.2) is 5.38 Å². The molecule has 1 aromatic rings. The first-order valence-electron chi connectivity index (χ1n) is 4.12. The Balaban J connectivity index is 1.71. The van der Waals surface area contributed by atoms with Crippen LogP contribution in [-0.2, 0) is 11.3 Å². The third kappa shape index (κ3) is 2.19. The molecular weight excluding hydrogens is 172 g/mol. The maximum Gasteiger partial charge on any atom is 0.180 e. The number of nitrogens with two attached hydrogens (primary N) is 1. The van der Waals surface area contributed by atoms with Crippen molar-refractivity contribution in [2.24, 2.45) is 5.92 Å². The molecule has 1 aliphatic carbocycles. The van der Waals surface area contributed by atoms with Gasteiger partial charge in [0.15, 0.2) is 5.13 Å². The first-order chi connectivity index (χ1) is 5.84. The summed E-state index contributed by atoms with van der Waals surface area (Å²) >= 11 is 1.47. The summed E-state index contributed by atoms with van der Waals surface area (Å²) in [6.07, 6.45) is 2.67. The second-order valence-electron chi connectivity index (χ2n) is 3.14. The normalized spacial score (nSPS) is 16.7. The van der Waals surface area contributed by atoms with Crippen LogP contribution in [0, 0.1) is 5.92 Å². The number of ether oxygens (including phenoxy) is 1. The summed E-state index contributed by atoms with van der Waals surface area (Å²) in [6.45, 7) is 1.50.